The standard InChI is InChI=1S/C11H10IN3O2S/c12-8-3-5-9(6-4-8)15-18(16,17)11-10(13)2-1-7-14-11/h1-7,15H,13H2. The summed E-state index contributed by atoms with van der Waals surface area (Å²) in [4.78, 5) is 3.79. The Morgan fingerprint density at radius 2 is 1.83 bits per heavy atom. The quantitative estimate of drug-likeness (QED) is 0.805. The minimum Gasteiger partial charge on any atom is -0.396 e. The van der Waals surface area contributed by atoms with Crippen LogP contribution in [0.3, 0.4) is 0 Å². The molecular formula is C11H10IN3O2S. The van der Waals surface area contributed by atoms with Gasteiger partial charge >= 0.3 is 0 Å². The van der Waals surface area contributed by atoms with Gasteiger partial charge in [-0.25, -0.2) is 4.98 Å². The lowest BCUT2D eigenvalue weighted by Crippen LogP contribution is -2.16. The highest BCUT2D eigenvalue weighted by atomic mass is 127. The van der Waals surface area contributed by atoms with Gasteiger partial charge in [-0.05, 0) is 59.0 Å². The summed E-state index contributed by atoms with van der Waals surface area (Å²) in [5.41, 5.74) is 6.20. The Morgan fingerprint density at radius 3 is 2.44 bits per heavy atom. The van der Waals surface area contributed by atoms with E-state index in [4.69, 9.17) is 5.73 Å². The van der Waals surface area contributed by atoms with E-state index in [0.29, 0.717) is 5.69 Å². The van der Waals surface area contributed by atoms with Crippen LogP contribution in [0.5, 0.6) is 0 Å². The van der Waals surface area contributed by atoms with Crippen LogP contribution in [0.1, 0.15) is 0 Å². The molecule has 0 aliphatic carbocycles. The van der Waals surface area contributed by atoms with Crippen molar-refractivity contribution in [2.24, 2.45) is 0 Å². The smallest absolute Gasteiger partial charge is 0.281 e. The van der Waals surface area contributed by atoms with Gasteiger partial charge in [-0.15, -0.1) is 0 Å². The first-order chi connectivity index (χ1) is 8.49. The fourth-order valence-corrected chi connectivity index (χ4v) is 2.83. The molecule has 0 bridgehead atoms. The zero-order valence-corrected chi connectivity index (χ0v) is 12.1. The van der Waals surface area contributed by atoms with E-state index >= 15 is 0 Å². The van der Waals surface area contributed by atoms with Gasteiger partial charge in [0.2, 0.25) is 0 Å². The normalized spacial score (nSPS) is 11.2. The Labute approximate surface area is 119 Å². The maximum Gasteiger partial charge on any atom is 0.281 e. The van der Waals surface area contributed by atoms with E-state index in [-0.39, 0.29) is 10.7 Å². The number of hydrogen-bond donors (Lipinski definition) is 2. The van der Waals surface area contributed by atoms with Crippen LogP contribution in [0, 0.1) is 3.57 Å². The van der Waals surface area contributed by atoms with Crippen molar-refractivity contribution < 1.29 is 8.42 Å². The third kappa shape index (κ3) is 2.91. The molecule has 0 aliphatic rings. The van der Waals surface area contributed by atoms with E-state index in [1.165, 1.54) is 12.3 Å². The fourth-order valence-electron chi connectivity index (χ4n) is 1.35. The zero-order chi connectivity index (χ0) is 13.2. The first kappa shape index (κ1) is 13.1. The van der Waals surface area contributed by atoms with Gasteiger partial charge in [0.05, 0.1) is 5.69 Å². The van der Waals surface area contributed by atoms with E-state index < -0.39 is 10.0 Å². The molecule has 0 amide bonds. The molecule has 0 saturated carbocycles. The second kappa shape index (κ2) is 5.11. The van der Waals surface area contributed by atoms with Crippen molar-refractivity contribution in [3.05, 3.63) is 46.2 Å². The molecule has 1 aromatic carbocycles. The number of pyridine rings is 1. The molecule has 0 atom stereocenters. The SMILES string of the molecule is Nc1cccnc1S(=O)(=O)Nc1ccc(I)cc1. The van der Waals surface area contributed by atoms with Gasteiger partial charge in [0.15, 0.2) is 5.03 Å². The second-order valence-electron chi connectivity index (χ2n) is 3.51. The van der Waals surface area contributed by atoms with E-state index in [1.807, 2.05) is 0 Å². The monoisotopic (exact) mass is 375 g/mol. The minimum atomic E-state index is -3.75. The second-order valence-corrected chi connectivity index (χ2v) is 6.35. The Bertz CT molecular complexity index is 656. The lowest BCUT2D eigenvalue weighted by molar-refractivity contribution is 0.598. The summed E-state index contributed by atoms with van der Waals surface area (Å²) < 4.78 is 27.6. The number of sulfonamides is 1. The fraction of sp³-hybridized carbons (Fsp3) is 0. The van der Waals surface area contributed by atoms with Crippen LogP contribution in [0.15, 0.2) is 47.6 Å². The molecule has 0 fully saturated rings. The third-order valence-corrected chi connectivity index (χ3v) is 4.23. The predicted molar refractivity (Wildman–Crippen MR) is 78.6 cm³/mol. The van der Waals surface area contributed by atoms with Crippen molar-refractivity contribution in [3.63, 3.8) is 0 Å². The molecule has 0 spiro atoms. The largest absolute Gasteiger partial charge is 0.396 e. The van der Waals surface area contributed by atoms with Crippen LogP contribution in [-0.2, 0) is 10.0 Å². The molecule has 7 heteroatoms. The summed E-state index contributed by atoms with van der Waals surface area (Å²) >= 11 is 2.14. The number of hydrogen-bond acceptors (Lipinski definition) is 4. The molecule has 2 rings (SSSR count). The average Bonchev–Trinajstić information content (AvgIpc) is 2.32. The Kier molecular flexibility index (Phi) is 3.71. The van der Waals surface area contributed by atoms with Gasteiger partial charge in [0.25, 0.3) is 10.0 Å². The molecule has 18 heavy (non-hydrogen) atoms. The molecule has 0 saturated heterocycles. The Hall–Kier alpha value is -1.35. The van der Waals surface area contributed by atoms with Crippen molar-refractivity contribution >= 4 is 44.0 Å². The maximum atomic E-state index is 12.1. The van der Waals surface area contributed by atoms with Gasteiger partial charge < -0.3 is 5.73 Å². The summed E-state index contributed by atoms with van der Waals surface area (Å²) in [7, 11) is -3.75. The van der Waals surface area contributed by atoms with Gasteiger partial charge in [-0.1, -0.05) is 0 Å². The highest BCUT2D eigenvalue weighted by Gasteiger charge is 2.18. The van der Waals surface area contributed by atoms with E-state index in [0.717, 1.165) is 3.57 Å². The van der Waals surface area contributed by atoms with E-state index in [1.54, 1.807) is 30.3 Å². The highest BCUT2D eigenvalue weighted by molar-refractivity contribution is 14.1. The molecule has 2 aromatic rings. The topological polar surface area (TPSA) is 85.1 Å². The molecule has 5 nitrogen and oxygen atoms in total. The van der Waals surface area contributed by atoms with Crippen molar-refractivity contribution in [2.45, 2.75) is 5.03 Å². The van der Waals surface area contributed by atoms with Crippen LogP contribution < -0.4 is 10.5 Å². The van der Waals surface area contributed by atoms with E-state index in [9.17, 15) is 8.42 Å². The van der Waals surface area contributed by atoms with Crippen LogP contribution in [0.4, 0.5) is 11.4 Å². The summed E-state index contributed by atoms with van der Waals surface area (Å²) in [5, 5.41) is -0.163. The van der Waals surface area contributed by atoms with Gasteiger partial charge in [-0.3, -0.25) is 4.72 Å². The molecule has 0 aliphatic heterocycles. The number of benzene rings is 1. The van der Waals surface area contributed by atoms with Crippen molar-refractivity contribution in [3.8, 4) is 0 Å². The number of halogens is 1. The summed E-state index contributed by atoms with van der Waals surface area (Å²) in [6, 6.07) is 10.0. The predicted octanol–water partition coefficient (Wildman–Crippen LogP) is 2.07. The summed E-state index contributed by atoms with van der Waals surface area (Å²) in [6.07, 6.45) is 1.39. The lowest BCUT2D eigenvalue weighted by atomic mass is 10.3. The van der Waals surface area contributed by atoms with Crippen LogP contribution >= 0.6 is 22.6 Å². The highest BCUT2D eigenvalue weighted by Crippen LogP contribution is 2.19. The molecule has 1 heterocycles. The molecule has 3 N–H and O–H groups in total. The average molecular weight is 375 g/mol. The maximum absolute atomic E-state index is 12.1. The zero-order valence-electron chi connectivity index (χ0n) is 9.17. The van der Waals surface area contributed by atoms with Crippen LogP contribution in [-0.4, -0.2) is 13.4 Å². The third-order valence-electron chi connectivity index (χ3n) is 2.15. The first-order valence-electron chi connectivity index (χ1n) is 4.98. The Morgan fingerprint density at radius 1 is 1.17 bits per heavy atom. The van der Waals surface area contributed by atoms with Crippen molar-refractivity contribution in [1.29, 1.82) is 0 Å². The van der Waals surface area contributed by atoms with Crippen molar-refractivity contribution in [2.75, 3.05) is 10.5 Å². The summed E-state index contributed by atoms with van der Waals surface area (Å²) in [5.74, 6) is 0. The number of anilines is 2. The number of nitrogens with two attached hydrogens (primary N) is 1. The first-order valence-corrected chi connectivity index (χ1v) is 7.54. The van der Waals surface area contributed by atoms with E-state index in [2.05, 4.69) is 32.3 Å². The van der Waals surface area contributed by atoms with Gasteiger partial charge in [-0.2, -0.15) is 8.42 Å². The number of nitrogens with one attached hydrogen (secondary N) is 1. The lowest BCUT2D eigenvalue weighted by Gasteiger charge is -2.08. The van der Waals surface area contributed by atoms with Crippen LogP contribution in [0.2, 0.25) is 0 Å². The number of nitrogens with zero attached hydrogens (tertiary/aromatic N) is 1. The van der Waals surface area contributed by atoms with Crippen LogP contribution in [0.25, 0.3) is 0 Å². The Balaban J connectivity index is 2.33. The number of rotatable bonds is 3. The summed E-state index contributed by atoms with van der Waals surface area (Å²) in [6.45, 7) is 0. The van der Waals surface area contributed by atoms with Crippen molar-refractivity contribution in [1.82, 2.24) is 4.98 Å². The molecule has 1 aromatic heterocycles. The van der Waals surface area contributed by atoms with Gasteiger partial charge in [0, 0.05) is 15.5 Å². The molecule has 0 radical (unpaired) electrons. The molecule has 0 unspecified atom stereocenters. The number of nitrogen functional groups attached to an aromatic ring is 1. The molecule has 94 valence electrons. The minimum absolute atomic E-state index is 0.121. The van der Waals surface area contributed by atoms with Gasteiger partial charge in [0.1, 0.15) is 0 Å². The number of aromatic nitrogens is 1. The molecular weight excluding hydrogens is 365 g/mol.